The highest BCUT2D eigenvalue weighted by Crippen LogP contribution is 2.37. The molecule has 2 atom stereocenters. The summed E-state index contributed by atoms with van der Waals surface area (Å²) in [6.45, 7) is 2.16. The molecule has 1 nitrogen and oxygen atoms in total. The van der Waals surface area contributed by atoms with Crippen molar-refractivity contribution in [3.8, 4) is 0 Å². The highest BCUT2D eigenvalue weighted by molar-refractivity contribution is 9.10. The van der Waals surface area contributed by atoms with Crippen LogP contribution in [-0.4, -0.2) is 5.75 Å². The number of halogens is 2. The average molecular weight is 366 g/mol. The van der Waals surface area contributed by atoms with E-state index in [9.17, 15) is 4.39 Å². The molecule has 0 saturated carbocycles. The molecule has 4 heteroatoms. The number of benzene rings is 2. The summed E-state index contributed by atoms with van der Waals surface area (Å²) in [5.74, 6) is 0.919. The Balaban J connectivity index is 1.80. The largest absolute Gasteiger partial charge is 0.303 e. The minimum absolute atomic E-state index is 0.153. The molecular weight excluding hydrogens is 349 g/mol. The van der Waals surface area contributed by atoms with E-state index >= 15 is 0 Å². The molecule has 1 N–H and O–H groups in total. The first kappa shape index (κ1) is 15.1. The first-order valence-electron chi connectivity index (χ1n) is 7.07. The van der Waals surface area contributed by atoms with Gasteiger partial charge in [0.1, 0.15) is 5.82 Å². The second kappa shape index (κ2) is 6.51. The summed E-state index contributed by atoms with van der Waals surface area (Å²) >= 11 is 5.27. The van der Waals surface area contributed by atoms with Gasteiger partial charge < -0.3 is 5.32 Å². The van der Waals surface area contributed by atoms with Gasteiger partial charge in [-0.15, -0.1) is 11.8 Å². The SMILES string of the molecule is CC(NC1CCSc2ccc(F)cc21)c1ccc(Br)cc1. The molecule has 1 heterocycles. The zero-order valence-electron chi connectivity index (χ0n) is 11.8. The maximum absolute atomic E-state index is 13.5. The van der Waals surface area contributed by atoms with Gasteiger partial charge in [-0.3, -0.25) is 0 Å². The molecular formula is C17H17BrFNS. The molecule has 110 valence electrons. The number of fused-ring (bicyclic) bond motifs is 1. The first-order valence-corrected chi connectivity index (χ1v) is 8.85. The van der Waals surface area contributed by atoms with Crippen LogP contribution in [0, 0.1) is 5.82 Å². The lowest BCUT2D eigenvalue weighted by Crippen LogP contribution is -2.27. The Morgan fingerprint density at radius 3 is 2.76 bits per heavy atom. The van der Waals surface area contributed by atoms with Gasteiger partial charge in [-0.1, -0.05) is 28.1 Å². The van der Waals surface area contributed by atoms with Crippen molar-refractivity contribution in [2.75, 3.05) is 5.75 Å². The first-order chi connectivity index (χ1) is 10.1. The minimum atomic E-state index is -0.153. The fourth-order valence-electron chi connectivity index (χ4n) is 2.69. The predicted molar refractivity (Wildman–Crippen MR) is 90.2 cm³/mol. The lowest BCUT2D eigenvalue weighted by Gasteiger charge is -2.29. The second-order valence-corrected chi connectivity index (χ2v) is 7.36. The van der Waals surface area contributed by atoms with Crippen LogP contribution in [-0.2, 0) is 0 Å². The van der Waals surface area contributed by atoms with Crippen LogP contribution in [0.5, 0.6) is 0 Å². The quantitative estimate of drug-likeness (QED) is 0.772. The van der Waals surface area contributed by atoms with E-state index in [0.29, 0.717) is 0 Å². The van der Waals surface area contributed by atoms with E-state index in [1.54, 1.807) is 12.1 Å². The van der Waals surface area contributed by atoms with Crippen molar-refractivity contribution in [3.63, 3.8) is 0 Å². The summed E-state index contributed by atoms with van der Waals surface area (Å²) in [7, 11) is 0. The van der Waals surface area contributed by atoms with E-state index in [-0.39, 0.29) is 17.9 Å². The van der Waals surface area contributed by atoms with E-state index in [2.05, 4.69) is 52.4 Å². The molecule has 1 aliphatic heterocycles. The molecule has 0 bridgehead atoms. The van der Waals surface area contributed by atoms with Crippen molar-refractivity contribution in [1.82, 2.24) is 5.32 Å². The van der Waals surface area contributed by atoms with Gasteiger partial charge in [0.25, 0.3) is 0 Å². The van der Waals surface area contributed by atoms with E-state index in [1.165, 1.54) is 10.5 Å². The Labute approximate surface area is 137 Å². The number of thioether (sulfide) groups is 1. The number of hydrogen-bond acceptors (Lipinski definition) is 2. The van der Waals surface area contributed by atoms with Gasteiger partial charge in [-0.05, 0) is 60.6 Å². The number of hydrogen-bond donors (Lipinski definition) is 1. The van der Waals surface area contributed by atoms with Crippen LogP contribution in [0.15, 0.2) is 51.8 Å². The van der Waals surface area contributed by atoms with Gasteiger partial charge in [-0.25, -0.2) is 4.39 Å². The van der Waals surface area contributed by atoms with Gasteiger partial charge in [0, 0.05) is 21.5 Å². The monoisotopic (exact) mass is 365 g/mol. The molecule has 21 heavy (non-hydrogen) atoms. The van der Waals surface area contributed by atoms with Crippen LogP contribution < -0.4 is 5.32 Å². The second-order valence-electron chi connectivity index (χ2n) is 5.31. The zero-order chi connectivity index (χ0) is 14.8. The Bertz CT molecular complexity index is 629. The average Bonchev–Trinajstić information content (AvgIpc) is 2.48. The van der Waals surface area contributed by atoms with Crippen LogP contribution in [0.2, 0.25) is 0 Å². The molecule has 0 radical (unpaired) electrons. The number of nitrogens with one attached hydrogen (secondary N) is 1. The third-order valence-electron chi connectivity index (χ3n) is 3.83. The molecule has 0 aliphatic carbocycles. The van der Waals surface area contributed by atoms with Crippen LogP contribution in [0.25, 0.3) is 0 Å². The lowest BCUT2D eigenvalue weighted by atomic mass is 10.0. The van der Waals surface area contributed by atoms with E-state index in [4.69, 9.17) is 0 Å². The molecule has 1 aliphatic rings. The van der Waals surface area contributed by atoms with E-state index in [0.717, 1.165) is 22.2 Å². The smallest absolute Gasteiger partial charge is 0.123 e. The summed E-state index contributed by atoms with van der Waals surface area (Å²) in [5.41, 5.74) is 2.34. The molecule has 0 spiro atoms. The Morgan fingerprint density at radius 2 is 2.00 bits per heavy atom. The van der Waals surface area contributed by atoms with Crippen LogP contribution in [0.4, 0.5) is 4.39 Å². The molecule has 2 aromatic rings. The van der Waals surface area contributed by atoms with E-state index in [1.807, 2.05) is 17.8 Å². The van der Waals surface area contributed by atoms with Gasteiger partial charge in [0.15, 0.2) is 0 Å². The Hall–Kier alpha value is -0.840. The normalized spacial score (nSPS) is 19.1. The molecule has 0 aromatic heterocycles. The van der Waals surface area contributed by atoms with Crippen LogP contribution in [0.3, 0.4) is 0 Å². The van der Waals surface area contributed by atoms with Crippen molar-refractivity contribution in [2.45, 2.75) is 30.3 Å². The minimum Gasteiger partial charge on any atom is -0.303 e. The summed E-state index contributed by atoms with van der Waals surface area (Å²) in [5, 5.41) is 3.64. The topological polar surface area (TPSA) is 12.0 Å². The third-order valence-corrected chi connectivity index (χ3v) is 5.48. The highest BCUT2D eigenvalue weighted by atomic mass is 79.9. The van der Waals surface area contributed by atoms with Crippen molar-refractivity contribution >= 4 is 27.7 Å². The summed E-state index contributed by atoms with van der Waals surface area (Å²) in [6, 6.07) is 13.9. The third kappa shape index (κ3) is 3.50. The Kier molecular flexibility index (Phi) is 4.67. The Morgan fingerprint density at radius 1 is 1.24 bits per heavy atom. The zero-order valence-corrected chi connectivity index (χ0v) is 14.2. The van der Waals surface area contributed by atoms with Crippen LogP contribution >= 0.6 is 27.7 Å². The summed E-state index contributed by atoms with van der Waals surface area (Å²) in [6.07, 6.45) is 1.03. The molecule has 0 fully saturated rings. The molecule has 2 unspecified atom stereocenters. The van der Waals surface area contributed by atoms with Crippen LogP contribution in [0.1, 0.15) is 36.6 Å². The van der Waals surface area contributed by atoms with Crippen molar-refractivity contribution in [1.29, 1.82) is 0 Å². The van der Waals surface area contributed by atoms with E-state index < -0.39 is 0 Å². The standard InChI is InChI=1S/C17H17BrFNS/c1-11(12-2-4-13(18)5-3-12)20-16-8-9-21-17-7-6-14(19)10-15(16)17/h2-7,10-11,16,20H,8-9H2,1H3. The fourth-order valence-corrected chi connectivity index (χ4v) is 4.06. The molecule has 0 amide bonds. The van der Waals surface area contributed by atoms with Crippen molar-refractivity contribution in [3.05, 3.63) is 63.9 Å². The molecule has 0 saturated heterocycles. The predicted octanol–water partition coefficient (Wildman–Crippen LogP) is 5.48. The van der Waals surface area contributed by atoms with Crippen molar-refractivity contribution < 1.29 is 4.39 Å². The maximum Gasteiger partial charge on any atom is 0.123 e. The summed E-state index contributed by atoms with van der Waals surface area (Å²) in [4.78, 5) is 1.20. The lowest BCUT2D eigenvalue weighted by molar-refractivity contribution is 0.447. The number of rotatable bonds is 3. The maximum atomic E-state index is 13.5. The van der Waals surface area contributed by atoms with Gasteiger partial charge in [-0.2, -0.15) is 0 Å². The molecule has 2 aromatic carbocycles. The highest BCUT2D eigenvalue weighted by Gasteiger charge is 2.22. The van der Waals surface area contributed by atoms with Gasteiger partial charge in [0.2, 0.25) is 0 Å². The summed E-state index contributed by atoms with van der Waals surface area (Å²) < 4.78 is 14.6. The van der Waals surface area contributed by atoms with Gasteiger partial charge in [0.05, 0.1) is 0 Å². The fraction of sp³-hybridized carbons (Fsp3) is 0.294. The van der Waals surface area contributed by atoms with Crippen molar-refractivity contribution in [2.24, 2.45) is 0 Å². The van der Waals surface area contributed by atoms with Gasteiger partial charge >= 0.3 is 0 Å². The molecule has 3 rings (SSSR count).